The molecule has 3 heterocycles. The number of ether oxygens (including phenoxy) is 5. The molecule has 3 aliphatic rings. The fourth-order valence-electron chi connectivity index (χ4n) is 9.36. The molecule has 0 saturated carbocycles. The number of hydrogen-bond donors (Lipinski definition) is 2. The van der Waals surface area contributed by atoms with Crippen molar-refractivity contribution in [1.29, 1.82) is 0 Å². The zero-order chi connectivity index (χ0) is 43.8. The van der Waals surface area contributed by atoms with Gasteiger partial charge in [0.15, 0.2) is 20.4 Å². The second-order valence-corrected chi connectivity index (χ2v) is 27.7. The number of likely N-dealkylation sites (N-methyl/N-ethyl adjacent to an activating group) is 1. The van der Waals surface area contributed by atoms with Crippen LogP contribution in [-0.2, 0) is 42.2 Å². The summed E-state index contributed by atoms with van der Waals surface area (Å²) in [6.07, 6.45) is -3.89. The van der Waals surface area contributed by atoms with Crippen LogP contribution >= 0.6 is 0 Å². The van der Waals surface area contributed by atoms with E-state index < -0.39 is 82.5 Å². The van der Waals surface area contributed by atoms with Crippen molar-refractivity contribution < 1.29 is 52.4 Å². The summed E-state index contributed by atoms with van der Waals surface area (Å²) >= 11 is 0. The Morgan fingerprint density at radius 3 is 1.98 bits per heavy atom. The lowest BCUT2D eigenvalue weighted by molar-refractivity contribution is -0.291. The number of cyclic esters (lactones) is 1. The van der Waals surface area contributed by atoms with Gasteiger partial charge in [0.25, 0.3) is 8.32 Å². The standard InChI is InChI=1S/C43H82N2O11Si2/c1-16-35-43(13,49)39(47)31(11)37(44-56-58(20-5,21-6)22-7)28(8)25-42(12)36(24-34(30(10)40(48)53-35)50-26-32(46)27-51-42)54-41-38(55-57(17-2,18-3)19-4)33(45(14)15)23-29(9)52-41/h28-31,33-36,38-39,41,47,49H,16-27H2,1-15H3/b44-37+/t28-,29-,30-,31+,33+,34-,35-,36-,38-,39-,41?,42+,43-/m1/s1. The number of carbonyl (C=O) groups is 2. The highest BCUT2D eigenvalue weighted by Crippen LogP contribution is 2.40. The first-order valence-corrected chi connectivity index (χ1v) is 27.5. The number of hydrogen-bond acceptors (Lipinski definition) is 13. The van der Waals surface area contributed by atoms with Gasteiger partial charge in [-0.05, 0) is 97.3 Å². The number of aliphatic hydroxyl groups is 2. The van der Waals surface area contributed by atoms with Gasteiger partial charge in [0.1, 0.15) is 31.0 Å². The Kier molecular flexibility index (Phi) is 19.1. The summed E-state index contributed by atoms with van der Waals surface area (Å²) in [6.45, 7) is 25.4. The molecule has 2 N–H and O–H groups in total. The van der Waals surface area contributed by atoms with E-state index in [4.69, 9.17) is 37.8 Å². The summed E-state index contributed by atoms with van der Waals surface area (Å²) in [5.41, 5.74) is -2.45. The third-order valence-corrected chi connectivity index (χ3v) is 23.2. The molecular weight excluding hydrogens is 777 g/mol. The Morgan fingerprint density at radius 1 is 0.862 bits per heavy atom. The van der Waals surface area contributed by atoms with E-state index in [1.54, 1.807) is 6.92 Å². The first-order chi connectivity index (χ1) is 27.2. The third-order valence-electron chi connectivity index (χ3n) is 14.3. The van der Waals surface area contributed by atoms with Gasteiger partial charge in [0.05, 0.1) is 41.6 Å². The topological polar surface area (TPSA) is 155 Å². The van der Waals surface area contributed by atoms with Crippen molar-refractivity contribution in [3.63, 3.8) is 0 Å². The highest BCUT2D eigenvalue weighted by Gasteiger charge is 2.52. The zero-order valence-electron chi connectivity index (χ0n) is 38.8. The van der Waals surface area contributed by atoms with Gasteiger partial charge in [0, 0.05) is 24.3 Å². The zero-order valence-corrected chi connectivity index (χ0v) is 40.8. The molecule has 3 aliphatic heterocycles. The maximum absolute atomic E-state index is 14.1. The van der Waals surface area contributed by atoms with Gasteiger partial charge >= 0.3 is 5.97 Å². The van der Waals surface area contributed by atoms with Gasteiger partial charge < -0.3 is 47.8 Å². The van der Waals surface area contributed by atoms with Gasteiger partial charge in [-0.2, -0.15) is 0 Å². The molecular formula is C43H82N2O11Si2. The van der Waals surface area contributed by atoms with Crippen LogP contribution in [0.5, 0.6) is 0 Å². The Bertz CT molecular complexity index is 1330. The van der Waals surface area contributed by atoms with E-state index in [1.165, 1.54) is 6.92 Å². The van der Waals surface area contributed by atoms with Crippen LogP contribution in [0.25, 0.3) is 0 Å². The number of oxime groups is 1. The predicted molar refractivity (Wildman–Crippen MR) is 232 cm³/mol. The number of ketones is 1. The van der Waals surface area contributed by atoms with Crippen LogP contribution in [0.1, 0.15) is 116 Å². The van der Waals surface area contributed by atoms with Crippen LogP contribution < -0.4 is 0 Å². The highest BCUT2D eigenvalue weighted by atomic mass is 28.4. The summed E-state index contributed by atoms with van der Waals surface area (Å²) in [6, 6.07) is 5.46. The molecule has 1 unspecified atom stereocenters. The predicted octanol–water partition coefficient (Wildman–Crippen LogP) is 7.08. The summed E-state index contributed by atoms with van der Waals surface area (Å²) in [7, 11) is -0.302. The fraction of sp³-hybridized carbons (Fsp3) is 0.930. The Balaban J connectivity index is 2.31. The molecule has 0 aromatic carbocycles. The number of esters is 1. The molecule has 13 atom stereocenters. The molecule has 0 radical (unpaired) electrons. The summed E-state index contributed by atoms with van der Waals surface area (Å²) in [5.74, 6) is -2.85. The lowest BCUT2D eigenvalue weighted by Crippen LogP contribution is -2.61. The van der Waals surface area contributed by atoms with Crippen LogP contribution in [0.2, 0.25) is 36.3 Å². The normalized spacial score (nSPS) is 38.5. The van der Waals surface area contributed by atoms with Crippen molar-refractivity contribution in [1.82, 2.24) is 4.90 Å². The molecule has 3 fully saturated rings. The maximum atomic E-state index is 14.1. The van der Waals surface area contributed by atoms with E-state index in [-0.39, 0.29) is 49.9 Å². The maximum Gasteiger partial charge on any atom is 0.311 e. The number of nitrogens with zero attached hydrogens (tertiary/aromatic N) is 2. The lowest BCUT2D eigenvalue weighted by atomic mass is 9.75. The highest BCUT2D eigenvalue weighted by molar-refractivity contribution is 6.74. The van der Waals surface area contributed by atoms with Crippen LogP contribution in [0.3, 0.4) is 0 Å². The number of carbonyl (C=O) groups excluding carboxylic acids is 2. The van der Waals surface area contributed by atoms with Crippen LogP contribution in [0.4, 0.5) is 0 Å². The van der Waals surface area contributed by atoms with Crippen molar-refractivity contribution in [3.8, 4) is 0 Å². The molecule has 13 nitrogen and oxygen atoms in total. The van der Waals surface area contributed by atoms with Crippen LogP contribution in [0, 0.1) is 17.8 Å². The quantitative estimate of drug-likeness (QED) is 0.104. The average Bonchev–Trinajstić information content (AvgIpc) is 3.25. The molecule has 0 spiro atoms. The van der Waals surface area contributed by atoms with Gasteiger partial charge in [-0.25, -0.2) is 0 Å². The fourth-order valence-corrected chi connectivity index (χ4v) is 14.4. The largest absolute Gasteiger partial charge is 0.459 e. The van der Waals surface area contributed by atoms with E-state index >= 15 is 0 Å². The van der Waals surface area contributed by atoms with Gasteiger partial charge in [-0.15, -0.1) is 5.16 Å². The Hall–Kier alpha value is -1.28. The van der Waals surface area contributed by atoms with Crippen molar-refractivity contribution in [3.05, 3.63) is 0 Å². The molecule has 3 rings (SSSR count). The van der Waals surface area contributed by atoms with E-state index in [2.05, 4.69) is 67.5 Å². The monoisotopic (exact) mass is 859 g/mol. The van der Waals surface area contributed by atoms with Gasteiger partial charge in [-0.3, -0.25) is 9.59 Å². The summed E-state index contributed by atoms with van der Waals surface area (Å²) < 4.78 is 47.0. The first kappa shape index (κ1) is 51.1. The van der Waals surface area contributed by atoms with E-state index in [1.807, 2.05) is 27.7 Å². The number of fused-ring (bicyclic) bond motifs is 3. The lowest BCUT2D eigenvalue weighted by Gasteiger charge is -2.49. The Labute approximate surface area is 352 Å². The first-order valence-electron chi connectivity index (χ1n) is 22.4. The second kappa shape index (κ2) is 21.7. The van der Waals surface area contributed by atoms with E-state index in [0.717, 1.165) is 42.7 Å². The van der Waals surface area contributed by atoms with E-state index in [9.17, 15) is 19.8 Å². The Morgan fingerprint density at radius 2 is 1.45 bits per heavy atom. The molecule has 0 aromatic rings. The molecule has 0 aliphatic carbocycles. The molecule has 15 heteroatoms. The third kappa shape index (κ3) is 11.8. The molecule has 2 bridgehead atoms. The summed E-state index contributed by atoms with van der Waals surface area (Å²) in [5, 5.41) is 29.0. The van der Waals surface area contributed by atoms with Crippen LogP contribution in [0.15, 0.2) is 5.16 Å². The minimum Gasteiger partial charge on any atom is -0.459 e. The molecule has 3 saturated heterocycles. The average molecular weight is 859 g/mol. The van der Waals surface area contributed by atoms with E-state index in [0.29, 0.717) is 12.1 Å². The van der Waals surface area contributed by atoms with Crippen molar-refractivity contribution >= 4 is 34.1 Å². The second-order valence-electron chi connectivity index (χ2n) is 18.3. The smallest absolute Gasteiger partial charge is 0.311 e. The van der Waals surface area contributed by atoms with Crippen molar-refractivity contribution in [2.45, 2.75) is 212 Å². The summed E-state index contributed by atoms with van der Waals surface area (Å²) in [4.78, 5) is 29.7. The van der Waals surface area contributed by atoms with Crippen molar-refractivity contribution in [2.24, 2.45) is 22.9 Å². The number of Topliss-reactive ketones (excluding diaryl/α,β-unsaturated/α-hetero) is 1. The van der Waals surface area contributed by atoms with Crippen LogP contribution in [-0.4, -0.2) is 137 Å². The molecule has 58 heavy (non-hydrogen) atoms. The molecule has 0 aromatic heterocycles. The molecule has 0 amide bonds. The SMILES string of the molecule is CC[C@H]1OC(=O)[C@H](C)[C@H]2C[C@@H](OC3O[C@H](C)C[C@H](N(C)C)[C@H]3O[Si](CC)(CC)CC)[C@](C)(C[C@@H](C)/C(=N\O[Si](CC)(CC)CC)[C@H](C)[C@@H](O)[C@]1(C)O)OCC(=O)CO2. The minimum atomic E-state index is -2.26. The minimum absolute atomic E-state index is 0.00483. The number of rotatable bonds is 14. The van der Waals surface area contributed by atoms with Gasteiger partial charge in [0.2, 0.25) is 0 Å². The van der Waals surface area contributed by atoms with Crippen molar-refractivity contribution in [2.75, 3.05) is 27.3 Å². The molecule has 338 valence electrons. The van der Waals surface area contributed by atoms with Gasteiger partial charge in [-0.1, -0.05) is 62.3 Å². The number of aliphatic hydroxyl groups excluding tert-OH is 1.